The number of halogens is 1. The Labute approximate surface area is 115 Å². The minimum Gasteiger partial charge on any atom is -0.395 e. The van der Waals surface area contributed by atoms with E-state index in [1.54, 1.807) is 18.3 Å². The summed E-state index contributed by atoms with van der Waals surface area (Å²) in [6.45, 7) is -0.0630. The van der Waals surface area contributed by atoms with Gasteiger partial charge in [-0.25, -0.2) is 4.39 Å². The molecule has 1 heterocycles. The monoisotopic (exact) mass is 272 g/mol. The molecule has 0 aliphatic carbocycles. The molecule has 1 aromatic heterocycles. The molecule has 1 amide bonds. The van der Waals surface area contributed by atoms with Crippen molar-refractivity contribution in [2.24, 2.45) is 0 Å². The molecule has 20 heavy (non-hydrogen) atoms. The highest BCUT2D eigenvalue weighted by atomic mass is 19.1. The summed E-state index contributed by atoms with van der Waals surface area (Å²) in [6, 6.07) is 7.30. The number of aliphatic hydroxyl groups excluding tert-OH is 1. The maximum Gasteiger partial charge on any atom is 0.272 e. The smallest absolute Gasteiger partial charge is 0.272 e. The molecule has 2 aromatic rings. The van der Waals surface area contributed by atoms with Crippen molar-refractivity contribution in [2.75, 3.05) is 11.9 Å². The van der Waals surface area contributed by atoms with E-state index in [1.165, 1.54) is 18.2 Å². The number of hydrogen-bond acceptors (Lipinski definition) is 2. The van der Waals surface area contributed by atoms with Gasteiger partial charge in [-0.3, -0.25) is 4.79 Å². The Hall–Kier alpha value is -2.58. The molecule has 0 atom stereocenters. The average Bonchev–Trinajstić information content (AvgIpc) is 2.96. The maximum absolute atomic E-state index is 13.2. The molecule has 2 rings (SSSR count). The van der Waals surface area contributed by atoms with Crippen LogP contribution >= 0.6 is 0 Å². The second-order valence-corrected chi connectivity index (χ2v) is 4.00. The van der Waals surface area contributed by atoms with Crippen LogP contribution in [0, 0.1) is 17.7 Å². The number of nitrogens with one attached hydrogen (secondary N) is 2. The van der Waals surface area contributed by atoms with E-state index in [9.17, 15) is 9.18 Å². The van der Waals surface area contributed by atoms with Crippen LogP contribution in [0.15, 0.2) is 36.5 Å². The number of aromatic nitrogens is 1. The number of anilines is 1. The molecular weight excluding hydrogens is 259 g/mol. The van der Waals surface area contributed by atoms with Crippen molar-refractivity contribution < 1.29 is 14.3 Å². The van der Waals surface area contributed by atoms with Crippen molar-refractivity contribution in [1.82, 2.24) is 4.98 Å². The Morgan fingerprint density at radius 2 is 2.25 bits per heavy atom. The van der Waals surface area contributed by atoms with E-state index in [2.05, 4.69) is 22.1 Å². The van der Waals surface area contributed by atoms with Gasteiger partial charge in [0.25, 0.3) is 5.91 Å². The Bertz CT molecular complexity index is 654. The minimum atomic E-state index is -0.434. The lowest BCUT2D eigenvalue weighted by Crippen LogP contribution is -2.13. The number of rotatable bonds is 3. The fourth-order valence-electron chi connectivity index (χ4n) is 1.60. The van der Waals surface area contributed by atoms with Gasteiger partial charge in [-0.15, -0.1) is 0 Å². The Morgan fingerprint density at radius 3 is 2.95 bits per heavy atom. The van der Waals surface area contributed by atoms with Crippen molar-refractivity contribution >= 4 is 11.6 Å². The third kappa shape index (κ3) is 3.46. The lowest BCUT2D eigenvalue weighted by atomic mass is 10.1. The molecule has 0 aliphatic rings. The number of H-pyrrole nitrogens is 1. The Morgan fingerprint density at radius 1 is 1.40 bits per heavy atom. The highest BCUT2D eigenvalue weighted by Crippen LogP contribution is 2.17. The van der Waals surface area contributed by atoms with Gasteiger partial charge in [-0.2, -0.15) is 0 Å². The highest BCUT2D eigenvalue weighted by Gasteiger charge is 2.09. The van der Waals surface area contributed by atoms with Crippen LogP contribution in [0.4, 0.5) is 10.1 Å². The summed E-state index contributed by atoms with van der Waals surface area (Å²) in [7, 11) is 0. The number of hydrogen-bond donors (Lipinski definition) is 3. The first kappa shape index (κ1) is 13.8. The van der Waals surface area contributed by atoms with Crippen LogP contribution in [0.25, 0.3) is 0 Å². The lowest BCUT2D eigenvalue weighted by molar-refractivity contribution is 0.102. The van der Waals surface area contributed by atoms with E-state index in [1.807, 2.05) is 0 Å². The van der Waals surface area contributed by atoms with Crippen LogP contribution in [-0.2, 0) is 0 Å². The number of amides is 1. The predicted octanol–water partition coefficient (Wildman–Crippen LogP) is 2.14. The number of carbonyl (C=O) groups excluding carboxylic acids is 1. The molecule has 0 fully saturated rings. The van der Waals surface area contributed by atoms with E-state index in [0.29, 0.717) is 23.4 Å². The molecule has 5 heteroatoms. The van der Waals surface area contributed by atoms with Crippen molar-refractivity contribution in [1.29, 1.82) is 0 Å². The van der Waals surface area contributed by atoms with Gasteiger partial charge in [0.15, 0.2) is 0 Å². The molecule has 1 aromatic carbocycles. The zero-order valence-corrected chi connectivity index (χ0v) is 10.6. The second kappa shape index (κ2) is 6.55. The zero-order valence-electron chi connectivity index (χ0n) is 10.6. The van der Waals surface area contributed by atoms with Crippen LogP contribution in [-0.4, -0.2) is 22.6 Å². The molecule has 0 bridgehead atoms. The minimum absolute atomic E-state index is 0.0630. The summed E-state index contributed by atoms with van der Waals surface area (Å²) in [5.41, 5.74) is 1.21. The average molecular weight is 272 g/mol. The fourth-order valence-corrected chi connectivity index (χ4v) is 1.60. The summed E-state index contributed by atoms with van der Waals surface area (Å²) in [4.78, 5) is 14.7. The van der Waals surface area contributed by atoms with Gasteiger partial charge < -0.3 is 15.4 Å². The summed E-state index contributed by atoms with van der Waals surface area (Å²) in [5, 5.41) is 11.4. The number of aliphatic hydroxyl groups is 1. The molecule has 0 aliphatic heterocycles. The first-order valence-electron chi connectivity index (χ1n) is 6.04. The van der Waals surface area contributed by atoms with Crippen molar-refractivity contribution in [3.05, 3.63) is 53.6 Å². The molecule has 0 spiro atoms. The van der Waals surface area contributed by atoms with Gasteiger partial charge in [0.05, 0.1) is 17.9 Å². The summed E-state index contributed by atoms with van der Waals surface area (Å²) >= 11 is 0. The van der Waals surface area contributed by atoms with Crippen LogP contribution in [0.5, 0.6) is 0 Å². The molecule has 102 valence electrons. The number of carbonyl (C=O) groups is 1. The fraction of sp³-hybridized carbons (Fsp3) is 0.133. The summed E-state index contributed by atoms with van der Waals surface area (Å²) in [5.74, 6) is 4.67. The first-order valence-corrected chi connectivity index (χ1v) is 6.04. The Balaban J connectivity index is 2.23. The number of aromatic amines is 1. The van der Waals surface area contributed by atoms with Gasteiger partial charge in [-0.1, -0.05) is 11.8 Å². The quantitative estimate of drug-likeness (QED) is 0.749. The standard InChI is InChI=1S/C15H13FN2O2/c16-12-6-7-13(11(10-12)4-1-2-9-19)18-15(20)14-5-3-8-17-14/h3,5-8,10,17,19H,2,9H2,(H,18,20). The molecule has 0 radical (unpaired) electrons. The largest absolute Gasteiger partial charge is 0.395 e. The second-order valence-electron chi connectivity index (χ2n) is 4.00. The van der Waals surface area contributed by atoms with E-state index >= 15 is 0 Å². The van der Waals surface area contributed by atoms with E-state index < -0.39 is 5.82 Å². The third-order valence-corrected chi connectivity index (χ3v) is 2.53. The van der Waals surface area contributed by atoms with E-state index in [-0.39, 0.29) is 12.5 Å². The highest BCUT2D eigenvalue weighted by molar-refractivity contribution is 6.03. The van der Waals surface area contributed by atoms with Gasteiger partial charge in [0.2, 0.25) is 0 Å². The van der Waals surface area contributed by atoms with Crippen LogP contribution in [0.3, 0.4) is 0 Å². The molecular formula is C15H13FN2O2. The SMILES string of the molecule is O=C(Nc1ccc(F)cc1C#CCCO)c1ccc[nH]1. The van der Waals surface area contributed by atoms with Crippen molar-refractivity contribution in [2.45, 2.75) is 6.42 Å². The first-order chi connectivity index (χ1) is 9.70. The van der Waals surface area contributed by atoms with E-state index in [0.717, 1.165) is 0 Å². The topological polar surface area (TPSA) is 65.1 Å². The van der Waals surface area contributed by atoms with Crippen LogP contribution in [0.2, 0.25) is 0 Å². The maximum atomic E-state index is 13.2. The van der Waals surface area contributed by atoms with Gasteiger partial charge in [0, 0.05) is 12.6 Å². The van der Waals surface area contributed by atoms with Gasteiger partial charge >= 0.3 is 0 Å². The van der Waals surface area contributed by atoms with Crippen LogP contribution in [0.1, 0.15) is 22.5 Å². The molecule has 0 unspecified atom stereocenters. The van der Waals surface area contributed by atoms with Gasteiger partial charge in [-0.05, 0) is 30.3 Å². The molecule has 0 saturated carbocycles. The normalized spacial score (nSPS) is 9.70. The Kier molecular flexibility index (Phi) is 4.53. The lowest BCUT2D eigenvalue weighted by Gasteiger charge is -2.06. The molecule has 3 N–H and O–H groups in total. The number of benzene rings is 1. The third-order valence-electron chi connectivity index (χ3n) is 2.53. The summed E-state index contributed by atoms with van der Waals surface area (Å²) < 4.78 is 13.2. The van der Waals surface area contributed by atoms with Gasteiger partial charge in [0.1, 0.15) is 11.5 Å². The molecule has 0 saturated heterocycles. The van der Waals surface area contributed by atoms with E-state index in [4.69, 9.17) is 5.11 Å². The zero-order chi connectivity index (χ0) is 14.4. The molecule has 4 nitrogen and oxygen atoms in total. The van der Waals surface area contributed by atoms with Crippen molar-refractivity contribution in [3.8, 4) is 11.8 Å². The predicted molar refractivity (Wildman–Crippen MR) is 73.7 cm³/mol. The summed E-state index contributed by atoms with van der Waals surface area (Å²) in [6.07, 6.45) is 1.93. The van der Waals surface area contributed by atoms with Crippen molar-refractivity contribution in [3.63, 3.8) is 0 Å². The van der Waals surface area contributed by atoms with Crippen LogP contribution < -0.4 is 5.32 Å².